The first-order valence-corrected chi connectivity index (χ1v) is 6.19. The maximum Gasteiger partial charge on any atom is 0.251 e. The molecule has 0 saturated carbocycles. The van der Waals surface area contributed by atoms with Crippen LogP contribution in [-0.2, 0) is 0 Å². The van der Waals surface area contributed by atoms with E-state index in [0.717, 1.165) is 5.69 Å². The van der Waals surface area contributed by atoms with E-state index in [1.807, 2.05) is 16.2 Å². The van der Waals surface area contributed by atoms with Gasteiger partial charge in [-0.05, 0) is 6.92 Å². The molecule has 0 aromatic carbocycles. The Hall–Kier alpha value is -1.92. The zero-order valence-corrected chi connectivity index (χ0v) is 10.6. The van der Waals surface area contributed by atoms with Gasteiger partial charge in [-0.1, -0.05) is 0 Å². The second-order valence-corrected chi connectivity index (χ2v) is 4.93. The van der Waals surface area contributed by atoms with E-state index in [2.05, 4.69) is 9.97 Å². The van der Waals surface area contributed by atoms with Crippen LogP contribution in [-0.4, -0.2) is 33.4 Å². The third-order valence-corrected chi connectivity index (χ3v) is 3.47. The molecule has 0 unspecified atom stereocenters. The molecule has 1 saturated heterocycles. The van der Waals surface area contributed by atoms with E-state index in [0.29, 0.717) is 17.3 Å². The van der Waals surface area contributed by atoms with Crippen molar-refractivity contribution in [3.63, 3.8) is 0 Å². The molecule has 7 heteroatoms. The SMILES string of the molecule is Cc1cnc2c(N3CCC(F)(F)CC3)nc(N)cn12. The number of imidazole rings is 1. The molecule has 0 amide bonds. The van der Waals surface area contributed by atoms with Gasteiger partial charge in [0.15, 0.2) is 11.5 Å². The van der Waals surface area contributed by atoms with Gasteiger partial charge in [-0.3, -0.25) is 4.40 Å². The third-order valence-electron chi connectivity index (χ3n) is 3.47. The monoisotopic (exact) mass is 267 g/mol. The predicted octanol–water partition coefficient (Wildman–Crippen LogP) is 1.86. The van der Waals surface area contributed by atoms with E-state index < -0.39 is 5.92 Å². The Morgan fingerprint density at radius 2 is 2.00 bits per heavy atom. The lowest BCUT2D eigenvalue weighted by Crippen LogP contribution is -2.40. The summed E-state index contributed by atoms with van der Waals surface area (Å²) < 4.78 is 28.2. The lowest BCUT2D eigenvalue weighted by atomic mass is 10.1. The lowest BCUT2D eigenvalue weighted by molar-refractivity contribution is -0.0221. The summed E-state index contributed by atoms with van der Waals surface area (Å²) >= 11 is 0. The Morgan fingerprint density at radius 1 is 1.32 bits per heavy atom. The van der Waals surface area contributed by atoms with Crippen molar-refractivity contribution in [1.82, 2.24) is 14.4 Å². The van der Waals surface area contributed by atoms with Crippen LogP contribution in [0.25, 0.3) is 5.65 Å². The van der Waals surface area contributed by atoms with E-state index in [1.54, 1.807) is 12.4 Å². The summed E-state index contributed by atoms with van der Waals surface area (Å²) in [7, 11) is 0. The molecular weight excluding hydrogens is 252 g/mol. The fourth-order valence-corrected chi connectivity index (χ4v) is 2.37. The van der Waals surface area contributed by atoms with Gasteiger partial charge in [0.2, 0.25) is 0 Å². The molecule has 1 aliphatic rings. The minimum Gasteiger partial charge on any atom is -0.382 e. The van der Waals surface area contributed by atoms with Crippen molar-refractivity contribution in [1.29, 1.82) is 0 Å². The molecule has 5 nitrogen and oxygen atoms in total. The molecule has 3 rings (SSSR count). The van der Waals surface area contributed by atoms with Crippen molar-refractivity contribution in [3.05, 3.63) is 18.1 Å². The van der Waals surface area contributed by atoms with Crippen LogP contribution in [0.2, 0.25) is 0 Å². The predicted molar refractivity (Wildman–Crippen MR) is 68.5 cm³/mol. The Bertz CT molecular complexity index is 612. The normalized spacial score (nSPS) is 19.0. The van der Waals surface area contributed by atoms with Gasteiger partial charge in [-0.25, -0.2) is 18.7 Å². The van der Waals surface area contributed by atoms with Crippen molar-refractivity contribution in [2.75, 3.05) is 23.7 Å². The van der Waals surface area contributed by atoms with Gasteiger partial charge >= 0.3 is 0 Å². The number of hydrogen-bond acceptors (Lipinski definition) is 4. The van der Waals surface area contributed by atoms with E-state index in [1.165, 1.54) is 0 Å². The number of aryl methyl sites for hydroxylation is 1. The Morgan fingerprint density at radius 3 is 2.68 bits per heavy atom. The van der Waals surface area contributed by atoms with Gasteiger partial charge in [0.1, 0.15) is 5.82 Å². The van der Waals surface area contributed by atoms with Crippen LogP contribution in [0.3, 0.4) is 0 Å². The molecule has 0 spiro atoms. The quantitative estimate of drug-likeness (QED) is 0.856. The number of anilines is 2. The van der Waals surface area contributed by atoms with E-state index in [-0.39, 0.29) is 25.9 Å². The van der Waals surface area contributed by atoms with Crippen molar-refractivity contribution in [3.8, 4) is 0 Å². The summed E-state index contributed by atoms with van der Waals surface area (Å²) in [5, 5.41) is 0. The number of halogens is 2. The van der Waals surface area contributed by atoms with Crippen LogP contribution < -0.4 is 10.6 Å². The molecule has 0 aliphatic carbocycles. The van der Waals surface area contributed by atoms with Gasteiger partial charge < -0.3 is 10.6 Å². The minimum atomic E-state index is -2.57. The fourth-order valence-electron chi connectivity index (χ4n) is 2.37. The average Bonchev–Trinajstić information content (AvgIpc) is 2.71. The highest BCUT2D eigenvalue weighted by Gasteiger charge is 2.35. The summed E-state index contributed by atoms with van der Waals surface area (Å²) in [6.45, 7) is 2.45. The molecule has 2 N–H and O–H groups in total. The first-order chi connectivity index (χ1) is 8.96. The van der Waals surface area contributed by atoms with Crippen molar-refractivity contribution in [2.45, 2.75) is 25.7 Å². The zero-order valence-electron chi connectivity index (χ0n) is 10.6. The number of nitrogens with two attached hydrogens (primary N) is 1. The molecule has 102 valence electrons. The van der Waals surface area contributed by atoms with Crippen molar-refractivity contribution < 1.29 is 8.78 Å². The van der Waals surface area contributed by atoms with Gasteiger partial charge in [-0.15, -0.1) is 0 Å². The fraction of sp³-hybridized carbons (Fsp3) is 0.500. The lowest BCUT2D eigenvalue weighted by Gasteiger charge is -2.32. The number of nitrogens with zero attached hydrogens (tertiary/aromatic N) is 4. The van der Waals surface area contributed by atoms with E-state index in [9.17, 15) is 8.78 Å². The van der Waals surface area contributed by atoms with Crippen LogP contribution in [0, 0.1) is 6.92 Å². The molecule has 19 heavy (non-hydrogen) atoms. The highest BCUT2D eigenvalue weighted by molar-refractivity contribution is 5.67. The highest BCUT2D eigenvalue weighted by Crippen LogP contribution is 2.31. The van der Waals surface area contributed by atoms with Gasteiger partial charge in [0.25, 0.3) is 5.92 Å². The van der Waals surface area contributed by atoms with Gasteiger partial charge in [0.05, 0.1) is 6.20 Å². The topological polar surface area (TPSA) is 59.5 Å². The molecular formula is C12H15F2N5. The van der Waals surface area contributed by atoms with Crippen LogP contribution >= 0.6 is 0 Å². The first-order valence-electron chi connectivity index (χ1n) is 6.19. The number of piperidine rings is 1. The van der Waals surface area contributed by atoms with Crippen LogP contribution in [0.4, 0.5) is 20.4 Å². The molecule has 2 aromatic heterocycles. The summed E-state index contributed by atoms with van der Waals surface area (Å²) in [4.78, 5) is 10.4. The second kappa shape index (κ2) is 4.04. The molecule has 2 aromatic rings. The number of aromatic nitrogens is 3. The number of alkyl halides is 2. The number of hydrogen-bond donors (Lipinski definition) is 1. The van der Waals surface area contributed by atoms with Gasteiger partial charge in [-0.2, -0.15) is 0 Å². The molecule has 0 radical (unpaired) electrons. The third kappa shape index (κ3) is 2.09. The maximum absolute atomic E-state index is 13.2. The van der Waals surface area contributed by atoms with Crippen LogP contribution in [0.5, 0.6) is 0 Å². The standard InChI is InChI=1S/C12H15F2N5/c1-8-6-16-10-11(17-9(15)7-19(8)10)18-4-2-12(13,14)3-5-18/h6-7H,2-5,15H2,1H3. The molecule has 0 atom stereocenters. The van der Waals surface area contributed by atoms with Crippen LogP contribution in [0.1, 0.15) is 18.5 Å². The Labute approximate surface area is 109 Å². The van der Waals surface area contributed by atoms with Crippen molar-refractivity contribution in [2.24, 2.45) is 0 Å². The largest absolute Gasteiger partial charge is 0.382 e. The highest BCUT2D eigenvalue weighted by atomic mass is 19.3. The minimum absolute atomic E-state index is 0.157. The molecule has 0 bridgehead atoms. The Kier molecular flexibility index (Phi) is 2.58. The second-order valence-electron chi connectivity index (χ2n) is 4.93. The molecule has 1 aliphatic heterocycles. The maximum atomic E-state index is 13.2. The van der Waals surface area contributed by atoms with E-state index in [4.69, 9.17) is 5.73 Å². The molecule has 3 heterocycles. The summed E-state index contributed by atoms with van der Waals surface area (Å²) in [6, 6.07) is 0. The van der Waals surface area contributed by atoms with Crippen molar-refractivity contribution >= 4 is 17.3 Å². The number of fused-ring (bicyclic) bond motifs is 1. The van der Waals surface area contributed by atoms with Crippen LogP contribution in [0.15, 0.2) is 12.4 Å². The summed E-state index contributed by atoms with van der Waals surface area (Å²) in [5.41, 5.74) is 7.38. The van der Waals surface area contributed by atoms with E-state index >= 15 is 0 Å². The molecule has 1 fully saturated rings. The Balaban J connectivity index is 2.01. The average molecular weight is 267 g/mol. The first kappa shape index (κ1) is 12.1. The summed E-state index contributed by atoms with van der Waals surface area (Å²) in [5.74, 6) is -1.62. The smallest absolute Gasteiger partial charge is 0.251 e. The van der Waals surface area contributed by atoms with Gasteiger partial charge in [0, 0.05) is 37.8 Å². The number of nitrogen functional groups attached to an aromatic ring is 1. The number of rotatable bonds is 1. The zero-order chi connectivity index (χ0) is 13.6. The summed E-state index contributed by atoms with van der Waals surface area (Å²) in [6.07, 6.45) is 3.10.